The first-order valence-corrected chi connectivity index (χ1v) is 13.1. The van der Waals surface area contributed by atoms with E-state index in [0.717, 1.165) is 0 Å². The van der Waals surface area contributed by atoms with Crippen LogP contribution in [0.15, 0.2) is 29.1 Å². The number of nitrogens with one attached hydrogen (secondary N) is 2. The number of aliphatic hydroxyl groups excluding tert-OH is 2. The van der Waals surface area contributed by atoms with Crippen molar-refractivity contribution in [3.63, 3.8) is 0 Å². The summed E-state index contributed by atoms with van der Waals surface area (Å²) in [6.45, 7) is 1.77. The second-order valence-corrected chi connectivity index (χ2v) is 9.21. The monoisotopic (exact) mass is 622 g/mol. The van der Waals surface area contributed by atoms with Crippen molar-refractivity contribution in [2.75, 3.05) is 59.0 Å². The Morgan fingerprint density at radius 2 is 1.66 bits per heavy atom. The molecule has 14 nitrogen and oxygen atoms in total. The lowest BCUT2D eigenvalue weighted by Crippen LogP contribution is -2.33. The zero-order chi connectivity index (χ0) is 32.0. The lowest BCUT2D eigenvalue weighted by Gasteiger charge is -2.21. The minimum atomic E-state index is -5.36. The fourth-order valence-corrected chi connectivity index (χ4v) is 4.28. The maximum atomic E-state index is 13.2. The van der Waals surface area contributed by atoms with Gasteiger partial charge in [0.15, 0.2) is 23.0 Å². The predicted molar refractivity (Wildman–Crippen MR) is 151 cm³/mol. The van der Waals surface area contributed by atoms with Gasteiger partial charge in [0.1, 0.15) is 12.0 Å². The van der Waals surface area contributed by atoms with Crippen LogP contribution in [0.2, 0.25) is 0 Å². The number of methoxy groups -OCH3 is 2. The zero-order valence-electron chi connectivity index (χ0n) is 23.8. The van der Waals surface area contributed by atoms with Crippen molar-refractivity contribution in [2.45, 2.75) is 13.1 Å². The van der Waals surface area contributed by atoms with E-state index in [1.807, 2.05) is 0 Å². The first kappa shape index (κ1) is 32.2. The molecule has 4 aromatic rings. The van der Waals surface area contributed by atoms with Crippen molar-refractivity contribution in [3.8, 4) is 23.0 Å². The van der Waals surface area contributed by atoms with E-state index < -0.39 is 28.8 Å². The molecule has 0 atom stereocenters. The van der Waals surface area contributed by atoms with Crippen LogP contribution in [-0.4, -0.2) is 101 Å². The molecular weight excluding hydrogens is 593 g/mol. The van der Waals surface area contributed by atoms with E-state index >= 15 is 0 Å². The number of aromatic nitrogens is 4. The highest BCUT2D eigenvalue weighted by molar-refractivity contribution is 5.91. The normalized spacial score (nSPS) is 11.7. The molecule has 2 aromatic carbocycles. The van der Waals surface area contributed by atoms with Gasteiger partial charge in [-0.25, -0.2) is 19.7 Å². The Morgan fingerprint density at radius 3 is 2.30 bits per heavy atom. The number of carbonyl (C=O) groups excluding carboxylic acids is 1. The molecule has 0 spiro atoms. The molecule has 0 bridgehead atoms. The Labute approximate surface area is 247 Å². The SMILES string of the molecule is COc1cc2nc(Nc3nc4ccc(OCCN(CCO)CCO)c(OC(=O)C(F)(F)F)c4c(=O)[nH]3)nc(C)c2cc1OC. The van der Waals surface area contributed by atoms with Gasteiger partial charge >= 0.3 is 12.1 Å². The van der Waals surface area contributed by atoms with Crippen molar-refractivity contribution in [2.24, 2.45) is 0 Å². The highest BCUT2D eigenvalue weighted by atomic mass is 19.4. The van der Waals surface area contributed by atoms with Crippen LogP contribution in [0.4, 0.5) is 25.1 Å². The Hall–Kier alpha value is -4.74. The summed E-state index contributed by atoms with van der Waals surface area (Å²) in [7, 11) is 2.97. The van der Waals surface area contributed by atoms with Gasteiger partial charge in [-0.05, 0) is 25.1 Å². The van der Waals surface area contributed by atoms with Gasteiger partial charge in [-0.3, -0.25) is 20.0 Å². The van der Waals surface area contributed by atoms with Crippen LogP contribution in [0.1, 0.15) is 5.69 Å². The van der Waals surface area contributed by atoms with Crippen LogP contribution < -0.4 is 29.8 Å². The van der Waals surface area contributed by atoms with Gasteiger partial charge in [0.25, 0.3) is 5.56 Å². The number of fused-ring (bicyclic) bond motifs is 2. The number of H-pyrrole nitrogens is 1. The summed E-state index contributed by atoms with van der Waals surface area (Å²) in [6, 6.07) is 5.86. The van der Waals surface area contributed by atoms with E-state index in [4.69, 9.17) is 24.4 Å². The maximum absolute atomic E-state index is 13.2. The molecule has 2 aromatic heterocycles. The number of aromatic amines is 1. The average Bonchev–Trinajstić information content (AvgIpc) is 2.97. The number of nitrogens with zero attached hydrogens (tertiary/aromatic N) is 4. The smallest absolute Gasteiger partial charge is 0.491 e. The Morgan fingerprint density at radius 1 is 0.977 bits per heavy atom. The molecule has 0 amide bonds. The van der Waals surface area contributed by atoms with Gasteiger partial charge in [-0.15, -0.1) is 0 Å². The third kappa shape index (κ3) is 7.24. The number of halogens is 3. The Kier molecular flexibility index (Phi) is 10.0. The van der Waals surface area contributed by atoms with Crippen LogP contribution in [0.25, 0.3) is 21.8 Å². The number of hydrogen-bond acceptors (Lipinski definition) is 13. The van der Waals surface area contributed by atoms with Crippen molar-refractivity contribution in [1.29, 1.82) is 0 Å². The molecule has 4 rings (SSSR count). The third-order valence-electron chi connectivity index (χ3n) is 6.34. The van der Waals surface area contributed by atoms with Crippen molar-refractivity contribution >= 4 is 39.7 Å². The number of benzene rings is 2. The molecule has 0 aliphatic rings. The first-order chi connectivity index (χ1) is 21.0. The second kappa shape index (κ2) is 13.7. The highest BCUT2D eigenvalue weighted by Gasteiger charge is 2.42. The van der Waals surface area contributed by atoms with E-state index in [-0.39, 0.29) is 62.6 Å². The molecule has 0 aliphatic carbocycles. The van der Waals surface area contributed by atoms with E-state index in [1.165, 1.54) is 26.4 Å². The van der Waals surface area contributed by atoms with Gasteiger partial charge < -0.3 is 29.2 Å². The molecule has 0 saturated carbocycles. The molecule has 44 heavy (non-hydrogen) atoms. The molecule has 0 saturated heterocycles. The summed E-state index contributed by atoms with van der Waals surface area (Å²) in [5.74, 6) is -2.86. The third-order valence-corrected chi connectivity index (χ3v) is 6.34. The summed E-state index contributed by atoms with van der Waals surface area (Å²) >= 11 is 0. The second-order valence-electron chi connectivity index (χ2n) is 9.21. The Balaban J connectivity index is 1.70. The largest absolute Gasteiger partial charge is 0.493 e. The lowest BCUT2D eigenvalue weighted by molar-refractivity contribution is -0.189. The minimum absolute atomic E-state index is 0.0451. The van der Waals surface area contributed by atoms with Crippen molar-refractivity contribution < 1.29 is 47.1 Å². The molecule has 236 valence electrons. The fourth-order valence-electron chi connectivity index (χ4n) is 4.28. The number of alkyl halides is 3. The van der Waals surface area contributed by atoms with E-state index in [1.54, 1.807) is 24.0 Å². The number of rotatable bonds is 13. The molecular formula is C27H29F3N6O8. The van der Waals surface area contributed by atoms with E-state index in [9.17, 15) is 22.8 Å². The van der Waals surface area contributed by atoms with Crippen LogP contribution in [-0.2, 0) is 4.79 Å². The minimum Gasteiger partial charge on any atom is -0.493 e. The van der Waals surface area contributed by atoms with Gasteiger partial charge in [0, 0.05) is 31.1 Å². The maximum Gasteiger partial charge on any atom is 0.491 e. The summed E-state index contributed by atoms with van der Waals surface area (Å²) in [4.78, 5) is 42.1. The number of esters is 1. The number of aliphatic hydroxyl groups is 2. The van der Waals surface area contributed by atoms with E-state index in [0.29, 0.717) is 28.1 Å². The van der Waals surface area contributed by atoms with Gasteiger partial charge in [0.05, 0.1) is 44.2 Å². The quantitative estimate of drug-likeness (QED) is 0.126. The van der Waals surface area contributed by atoms with Crippen LogP contribution in [0.5, 0.6) is 23.0 Å². The van der Waals surface area contributed by atoms with Crippen molar-refractivity contribution in [1.82, 2.24) is 24.8 Å². The van der Waals surface area contributed by atoms with Crippen LogP contribution in [0, 0.1) is 6.92 Å². The Bertz CT molecular complexity index is 1710. The molecule has 0 radical (unpaired) electrons. The van der Waals surface area contributed by atoms with Gasteiger partial charge in [-0.2, -0.15) is 13.2 Å². The first-order valence-electron chi connectivity index (χ1n) is 13.1. The predicted octanol–water partition coefficient (Wildman–Crippen LogP) is 2.07. The topological polar surface area (TPSA) is 181 Å². The number of anilines is 2. The molecule has 4 N–H and O–H groups in total. The van der Waals surface area contributed by atoms with Gasteiger partial charge in [0.2, 0.25) is 11.9 Å². The van der Waals surface area contributed by atoms with Crippen LogP contribution >= 0.6 is 0 Å². The molecule has 0 fully saturated rings. The number of aryl methyl sites for hydroxylation is 1. The summed E-state index contributed by atoms with van der Waals surface area (Å²) in [5, 5.41) is 21.3. The van der Waals surface area contributed by atoms with Gasteiger partial charge in [-0.1, -0.05) is 0 Å². The standard InChI is InChI=1S/C27H29F3N6O8/c1-14-15-12-19(41-2)20(42-3)13-17(15)33-25(31-14)35-26-32-16-4-5-18(43-11-8-36(6-9-37)7-10-38)22(21(16)23(39)34-26)44-24(40)27(28,29)30/h4-5,12-13,37-38H,6-11H2,1-3H3,(H2,31,32,33,34,35,39). The molecule has 0 unspecified atom stereocenters. The molecule has 2 heterocycles. The van der Waals surface area contributed by atoms with E-state index in [2.05, 4.69) is 30.0 Å². The average molecular weight is 623 g/mol. The molecule has 17 heteroatoms. The zero-order valence-corrected chi connectivity index (χ0v) is 23.8. The number of carbonyl (C=O) groups is 1. The highest BCUT2D eigenvalue weighted by Crippen LogP contribution is 2.36. The summed E-state index contributed by atoms with van der Waals surface area (Å²) < 4.78 is 60.2. The fraction of sp³-hybridized carbons (Fsp3) is 0.370. The van der Waals surface area contributed by atoms with Crippen molar-refractivity contribution in [3.05, 3.63) is 40.3 Å². The summed E-state index contributed by atoms with van der Waals surface area (Å²) in [6.07, 6.45) is -5.36. The lowest BCUT2D eigenvalue weighted by atomic mass is 10.1. The van der Waals surface area contributed by atoms with Crippen LogP contribution in [0.3, 0.4) is 0 Å². The number of ether oxygens (including phenoxy) is 4. The molecule has 0 aliphatic heterocycles. The summed E-state index contributed by atoms with van der Waals surface area (Å²) in [5.41, 5.74) is -0.0274. The number of hydrogen-bond donors (Lipinski definition) is 4.